The molecular formula is C10H22N2O5. The molecule has 2 atom stereocenters. The van der Waals surface area contributed by atoms with Gasteiger partial charge in [-0.05, 0) is 12.5 Å². The van der Waals surface area contributed by atoms with Crippen molar-refractivity contribution in [1.82, 2.24) is 5.32 Å². The molecule has 0 radical (unpaired) electrons. The molecule has 0 unspecified atom stereocenters. The van der Waals surface area contributed by atoms with E-state index in [9.17, 15) is 9.59 Å². The molecule has 7 heteroatoms. The Morgan fingerprint density at radius 2 is 1.65 bits per heavy atom. The van der Waals surface area contributed by atoms with Gasteiger partial charge in [-0.25, -0.2) is 0 Å². The van der Waals surface area contributed by atoms with Gasteiger partial charge in [-0.15, -0.1) is 0 Å². The van der Waals surface area contributed by atoms with Crippen LogP contribution < -0.4 is 11.1 Å². The second kappa shape index (κ2) is 7.99. The molecule has 0 aliphatic heterocycles. The monoisotopic (exact) mass is 250 g/mol. The second-order valence-corrected chi connectivity index (χ2v) is 4.55. The number of carbonyl (C=O) groups is 2. The van der Waals surface area contributed by atoms with E-state index in [1.807, 2.05) is 20.8 Å². The van der Waals surface area contributed by atoms with Gasteiger partial charge in [0.2, 0.25) is 0 Å². The molecule has 0 aromatic carbocycles. The van der Waals surface area contributed by atoms with Crippen molar-refractivity contribution in [1.29, 1.82) is 0 Å². The molecule has 0 amide bonds. The maximum Gasteiger partial charge on any atom is 0.322 e. The van der Waals surface area contributed by atoms with Gasteiger partial charge in [0.05, 0.1) is 6.61 Å². The molecule has 0 saturated heterocycles. The van der Waals surface area contributed by atoms with Crippen LogP contribution in [0.15, 0.2) is 0 Å². The van der Waals surface area contributed by atoms with Crippen LogP contribution in [0.3, 0.4) is 0 Å². The largest absolute Gasteiger partial charge is 0.480 e. The Morgan fingerprint density at radius 3 is 1.65 bits per heavy atom. The number of aliphatic carboxylic acids is 2. The van der Waals surface area contributed by atoms with Crippen molar-refractivity contribution in [2.45, 2.75) is 32.9 Å². The molecule has 17 heavy (non-hydrogen) atoms. The zero-order valence-electron chi connectivity index (χ0n) is 10.6. The number of carboxylic acid groups (broad SMARTS) is 2. The van der Waals surface area contributed by atoms with E-state index in [1.54, 1.807) is 7.05 Å². The lowest BCUT2D eigenvalue weighted by molar-refractivity contribution is -0.142. The molecule has 102 valence electrons. The Bertz CT molecular complexity index is 250. The average Bonchev–Trinajstić information content (AvgIpc) is 2.15. The quantitative estimate of drug-likeness (QED) is 0.436. The van der Waals surface area contributed by atoms with Gasteiger partial charge in [-0.3, -0.25) is 9.59 Å². The van der Waals surface area contributed by atoms with Crippen LogP contribution in [0.1, 0.15) is 20.8 Å². The highest BCUT2D eigenvalue weighted by atomic mass is 16.4. The lowest BCUT2D eigenvalue weighted by atomic mass is 9.87. The maximum absolute atomic E-state index is 10.5. The third kappa shape index (κ3) is 8.61. The van der Waals surface area contributed by atoms with Gasteiger partial charge >= 0.3 is 11.9 Å². The normalized spacial score (nSPS) is 14.2. The molecule has 0 aliphatic rings. The summed E-state index contributed by atoms with van der Waals surface area (Å²) in [7, 11) is 1.66. The smallest absolute Gasteiger partial charge is 0.322 e. The van der Waals surface area contributed by atoms with Crippen LogP contribution in [0.2, 0.25) is 0 Å². The zero-order valence-corrected chi connectivity index (χ0v) is 10.6. The number of hydrogen-bond acceptors (Lipinski definition) is 5. The van der Waals surface area contributed by atoms with E-state index in [0.29, 0.717) is 0 Å². The fourth-order valence-electron chi connectivity index (χ4n) is 1.01. The van der Waals surface area contributed by atoms with Crippen molar-refractivity contribution in [3.8, 4) is 0 Å². The molecule has 0 spiro atoms. The lowest BCUT2D eigenvalue weighted by Crippen LogP contribution is -2.44. The number of rotatable bonds is 4. The molecule has 0 rings (SSSR count). The molecule has 0 saturated carbocycles. The average molecular weight is 250 g/mol. The summed E-state index contributed by atoms with van der Waals surface area (Å²) >= 11 is 0. The van der Waals surface area contributed by atoms with Crippen LogP contribution >= 0.6 is 0 Å². The highest BCUT2D eigenvalue weighted by molar-refractivity contribution is 5.74. The van der Waals surface area contributed by atoms with E-state index in [0.717, 1.165) is 0 Å². The highest BCUT2D eigenvalue weighted by Gasteiger charge is 2.28. The predicted molar refractivity (Wildman–Crippen MR) is 62.6 cm³/mol. The third-order valence-electron chi connectivity index (χ3n) is 1.92. The zero-order chi connectivity index (χ0) is 14.2. The van der Waals surface area contributed by atoms with Crippen molar-refractivity contribution >= 4 is 11.9 Å². The lowest BCUT2D eigenvalue weighted by Gasteiger charge is -2.26. The first-order valence-corrected chi connectivity index (χ1v) is 5.07. The number of carboxylic acids is 2. The minimum Gasteiger partial charge on any atom is -0.480 e. The topological polar surface area (TPSA) is 133 Å². The highest BCUT2D eigenvalue weighted by Crippen LogP contribution is 2.18. The molecule has 0 bridgehead atoms. The fourth-order valence-corrected chi connectivity index (χ4v) is 1.01. The number of likely N-dealkylation sites (N-methyl/N-ethyl adjacent to an activating group) is 1. The second-order valence-electron chi connectivity index (χ2n) is 4.55. The van der Waals surface area contributed by atoms with Crippen LogP contribution in [0, 0.1) is 5.41 Å². The minimum absolute atomic E-state index is 0.222. The summed E-state index contributed by atoms with van der Waals surface area (Å²) in [6, 6.07) is -1.59. The predicted octanol–water partition coefficient (Wildman–Crippen LogP) is -0.904. The number of nitrogens with two attached hydrogens (primary N) is 1. The SMILES string of the molecule is CN[C@H](C(=O)O)C(C)(C)C.N[C@H](CO)C(=O)O. The van der Waals surface area contributed by atoms with E-state index < -0.39 is 30.6 Å². The number of aliphatic hydroxyl groups excluding tert-OH is 1. The molecule has 7 nitrogen and oxygen atoms in total. The van der Waals surface area contributed by atoms with Crippen molar-refractivity contribution in [2.75, 3.05) is 13.7 Å². The van der Waals surface area contributed by atoms with Crippen molar-refractivity contribution in [3.05, 3.63) is 0 Å². The van der Waals surface area contributed by atoms with E-state index in [2.05, 4.69) is 5.32 Å². The Balaban J connectivity index is 0. The van der Waals surface area contributed by atoms with Crippen LogP contribution in [0.25, 0.3) is 0 Å². The van der Waals surface area contributed by atoms with Crippen LogP contribution in [-0.4, -0.2) is 53.0 Å². The van der Waals surface area contributed by atoms with Crippen LogP contribution in [0.5, 0.6) is 0 Å². The van der Waals surface area contributed by atoms with Gasteiger partial charge in [-0.1, -0.05) is 20.8 Å². The first-order chi connectivity index (χ1) is 7.57. The number of hydrogen-bond donors (Lipinski definition) is 5. The maximum atomic E-state index is 10.5. The Kier molecular flexibility index (Phi) is 8.55. The van der Waals surface area contributed by atoms with Gasteiger partial charge < -0.3 is 26.4 Å². The van der Waals surface area contributed by atoms with E-state index in [1.165, 1.54) is 0 Å². The first-order valence-electron chi connectivity index (χ1n) is 5.07. The van der Waals surface area contributed by atoms with E-state index >= 15 is 0 Å². The number of aliphatic hydroxyl groups is 1. The van der Waals surface area contributed by atoms with Crippen molar-refractivity contribution in [2.24, 2.45) is 11.1 Å². The van der Waals surface area contributed by atoms with Crippen molar-refractivity contribution in [3.63, 3.8) is 0 Å². The Hall–Kier alpha value is -1.18. The Morgan fingerprint density at radius 1 is 1.24 bits per heavy atom. The molecule has 6 N–H and O–H groups in total. The summed E-state index contributed by atoms with van der Waals surface area (Å²) < 4.78 is 0. The summed E-state index contributed by atoms with van der Waals surface area (Å²) in [6.45, 7) is 5.17. The molecular weight excluding hydrogens is 228 g/mol. The molecule has 0 heterocycles. The van der Waals surface area contributed by atoms with Gasteiger partial charge in [-0.2, -0.15) is 0 Å². The van der Waals surface area contributed by atoms with E-state index in [-0.39, 0.29) is 5.41 Å². The van der Waals surface area contributed by atoms with Gasteiger partial charge in [0.15, 0.2) is 0 Å². The fraction of sp³-hybridized carbons (Fsp3) is 0.800. The van der Waals surface area contributed by atoms with E-state index in [4.69, 9.17) is 21.1 Å². The summed E-state index contributed by atoms with van der Waals surface area (Å²) in [6.07, 6.45) is 0. The summed E-state index contributed by atoms with van der Waals surface area (Å²) in [4.78, 5) is 20.2. The van der Waals surface area contributed by atoms with Crippen molar-refractivity contribution < 1.29 is 24.9 Å². The summed E-state index contributed by atoms with van der Waals surface area (Å²) in [5, 5.41) is 27.3. The molecule has 0 aromatic rings. The third-order valence-corrected chi connectivity index (χ3v) is 1.92. The Labute approximate surface area is 101 Å². The van der Waals surface area contributed by atoms with Crippen LogP contribution in [-0.2, 0) is 9.59 Å². The summed E-state index contributed by atoms with van der Waals surface area (Å²) in [5.41, 5.74) is 4.54. The van der Waals surface area contributed by atoms with Gasteiger partial charge in [0, 0.05) is 0 Å². The molecule has 0 aromatic heterocycles. The summed E-state index contributed by atoms with van der Waals surface area (Å²) in [5.74, 6) is -1.97. The van der Waals surface area contributed by atoms with Gasteiger partial charge in [0.25, 0.3) is 0 Å². The molecule has 0 aliphatic carbocycles. The minimum atomic E-state index is -1.18. The molecule has 0 fully saturated rings. The number of nitrogens with one attached hydrogen (secondary N) is 1. The standard InChI is InChI=1S/C7H15NO2.C3H7NO3/c1-7(2,3)5(8-4)6(9)10;4-2(1-5)3(6)7/h5,8H,1-4H3,(H,9,10);2,5H,1,4H2,(H,6,7)/t5-;2-/m11/s1. The van der Waals surface area contributed by atoms with Crippen LogP contribution in [0.4, 0.5) is 0 Å². The first kappa shape index (κ1) is 18.2. The van der Waals surface area contributed by atoms with Gasteiger partial charge in [0.1, 0.15) is 12.1 Å².